The fourth-order valence-electron chi connectivity index (χ4n) is 0.847. The smallest absolute Gasteiger partial charge is 0.183 e. The van der Waals surface area contributed by atoms with Gasteiger partial charge >= 0.3 is 0 Å². The van der Waals surface area contributed by atoms with Crippen LogP contribution in [0.1, 0.15) is 20.3 Å². The molecule has 0 bridgehead atoms. The molecule has 0 radical (unpaired) electrons. The molecule has 1 N–H and O–H groups in total. The monoisotopic (exact) mass is 231 g/mol. The molecule has 80 valence electrons. The number of amidine groups is 1. The number of nitrogens with one attached hydrogen (secondary N) is 1. The van der Waals surface area contributed by atoms with Gasteiger partial charge in [0.25, 0.3) is 0 Å². The second-order valence-corrected chi connectivity index (χ2v) is 4.90. The van der Waals surface area contributed by atoms with E-state index < -0.39 is 0 Å². The Morgan fingerprint density at radius 2 is 2.36 bits per heavy atom. The van der Waals surface area contributed by atoms with Crippen LogP contribution in [0, 0.1) is 11.5 Å². The molecule has 0 amide bonds. The summed E-state index contributed by atoms with van der Waals surface area (Å²) < 4.78 is 0. The second kappa shape index (κ2) is 9.22. The maximum atomic E-state index is 8.44. The molecule has 0 aromatic carbocycles. The molecule has 1 atom stereocenters. The van der Waals surface area contributed by atoms with Crippen molar-refractivity contribution in [2.24, 2.45) is 4.99 Å². The van der Waals surface area contributed by atoms with Crippen LogP contribution in [-0.2, 0) is 0 Å². The summed E-state index contributed by atoms with van der Waals surface area (Å²) in [5.74, 6) is 2.29. The molecule has 0 rings (SSSR count). The van der Waals surface area contributed by atoms with E-state index in [2.05, 4.69) is 24.2 Å². The van der Waals surface area contributed by atoms with E-state index in [0.717, 1.165) is 17.9 Å². The van der Waals surface area contributed by atoms with Crippen LogP contribution in [0.3, 0.4) is 0 Å². The molecular formula is C9H17N3S2. The molecule has 0 fully saturated rings. The second-order valence-electron chi connectivity index (χ2n) is 2.71. The molecule has 14 heavy (non-hydrogen) atoms. The molecule has 0 heterocycles. The minimum absolute atomic E-state index is 0.289. The first-order chi connectivity index (χ1) is 6.74. The molecule has 1 unspecified atom stereocenters. The van der Waals surface area contributed by atoms with Crippen molar-refractivity contribution in [3.8, 4) is 6.19 Å². The van der Waals surface area contributed by atoms with Crippen molar-refractivity contribution in [3.63, 3.8) is 0 Å². The number of rotatable bonds is 5. The zero-order chi connectivity index (χ0) is 10.8. The number of thioether (sulfide) groups is 2. The summed E-state index contributed by atoms with van der Waals surface area (Å²) >= 11 is 3.39. The Kier molecular flexibility index (Phi) is 9.00. The van der Waals surface area contributed by atoms with E-state index in [0.29, 0.717) is 5.17 Å². The first-order valence-electron chi connectivity index (χ1n) is 4.59. The fourth-order valence-corrected chi connectivity index (χ4v) is 2.08. The quantitative estimate of drug-likeness (QED) is 0.259. The topological polar surface area (TPSA) is 48.2 Å². The lowest BCUT2D eigenvalue weighted by atomic mass is 10.3. The maximum Gasteiger partial charge on any atom is 0.183 e. The highest BCUT2D eigenvalue weighted by Gasteiger charge is 2.01. The molecule has 0 aliphatic heterocycles. The molecule has 0 aliphatic carbocycles. The highest BCUT2D eigenvalue weighted by atomic mass is 32.2. The van der Waals surface area contributed by atoms with Gasteiger partial charge in [0.1, 0.15) is 0 Å². The third kappa shape index (κ3) is 7.10. The van der Waals surface area contributed by atoms with Crippen molar-refractivity contribution in [3.05, 3.63) is 0 Å². The Labute approximate surface area is 94.7 Å². The number of aliphatic imine (C=N–C) groups is 1. The van der Waals surface area contributed by atoms with Crippen molar-refractivity contribution in [1.82, 2.24) is 5.32 Å². The first kappa shape index (κ1) is 13.7. The van der Waals surface area contributed by atoms with E-state index in [-0.39, 0.29) is 6.04 Å². The van der Waals surface area contributed by atoms with E-state index in [4.69, 9.17) is 5.26 Å². The van der Waals surface area contributed by atoms with Crippen LogP contribution in [0.5, 0.6) is 0 Å². The molecule has 0 saturated carbocycles. The third-order valence-corrected chi connectivity index (χ3v) is 3.10. The lowest BCUT2D eigenvalue weighted by molar-refractivity contribution is 0.723. The summed E-state index contributed by atoms with van der Waals surface area (Å²) in [4.78, 5) is 4.39. The number of hydrogen-bond acceptors (Lipinski definition) is 4. The highest BCUT2D eigenvalue weighted by molar-refractivity contribution is 8.13. The Morgan fingerprint density at radius 1 is 1.64 bits per heavy atom. The summed E-state index contributed by atoms with van der Waals surface area (Å²) in [6.45, 7) is 4.23. The SMILES string of the molecule is CCSCCC(C)N=C(NC#N)SC. The highest BCUT2D eigenvalue weighted by Crippen LogP contribution is 2.08. The van der Waals surface area contributed by atoms with Gasteiger partial charge in [-0.2, -0.15) is 17.0 Å². The van der Waals surface area contributed by atoms with Gasteiger partial charge in [0.05, 0.1) is 6.04 Å². The maximum absolute atomic E-state index is 8.44. The van der Waals surface area contributed by atoms with Crippen molar-refractivity contribution in [2.45, 2.75) is 26.3 Å². The Hall–Kier alpha value is -0.340. The van der Waals surface area contributed by atoms with Crippen molar-refractivity contribution in [1.29, 1.82) is 5.26 Å². The number of hydrogen-bond donors (Lipinski definition) is 1. The Balaban J connectivity index is 3.86. The van der Waals surface area contributed by atoms with Crippen molar-refractivity contribution < 1.29 is 0 Å². The van der Waals surface area contributed by atoms with Crippen LogP contribution in [0.25, 0.3) is 0 Å². The predicted molar refractivity (Wildman–Crippen MR) is 66.8 cm³/mol. The van der Waals surface area contributed by atoms with Crippen molar-refractivity contribution >= 4 is 28.7 Å². The van der Waals surface area contributed by atoms with Crippen LogP contribution in [0.2, 0.25) is 0 Å². The van der Waals surface area contributed by atoms with Gasteiger partial charge in [-0.15, -0.1) is 0 Å². The average molecular weight is 231 g/mol. The third-order valence-electron chi connectivity index (χ3n) is 1.58. The van der Waals surface area contributed by atoms with Crippen LogP contribution >= 0.6 is 23.5 Å². The van der Waals surface area contributed by atoms with Crippen LogP contribution < -0.4 is 5.32 Å². The summed E-state index contributed by atoms with van der Waals surface area (Å²) in [6, 6.07) is 0.289. The van der Waals surface area contributed by atoms with Gasteiger partial charge in [-0.1, -0.05) is 18.7 Å². The Morgan fingerprint density at radius 3 is 2.86 bits per heavy atom. The minimum atomic E-state index is 0.289. The van der Waals surface area contributed by atoms with Gasteiger partial charge in [0.2, 0.25) is 0 Å². The van der Waals surface area contributed by atoms with Gasteiger partial charge in [-0.3, -0.25) is 10.3 Å². The molecule has 0 spiro atoms. The summed E-state index contributed by atoms with van der Waals surface area (Å²) in [6.07, 6.45) is 4.86. The summed E-state index contributed by atoms with van der Waals surface area (Å²) in [5, 5.41) is 11.7. The zero-order valence-electron chi connectivity index (χ0n) is 8.91. The van der Waals surface area contributed by atoms with Gasteiger partial charge in [0, 0.05) is 0 Å². The zero-order valence-corrected chi connectivity index (χ0v) is 10.5. The lowest BCUT2D eigenvalue weighted by Crippen LogP contribution is -2.16. The number of nitriles is 1. The van der Waals surface area contributed by atoms with E-state index in [1.807, 2.05) is 24.2 Å². The molecule has 3 nitrogen and oxygen atoms in total. The first-order valence-corrected chi connectivity index (χ1v) is 6.97. The fraction of sp³-hybridized carbons (Fsp3) is 0.778. The summed E-state index contributed by atoms with van der Waals surface area (Å²) in [7, 11) is 0. The van der Waals surface area contributed by atoms with E-state index in [9.17, 15) is 0 Å². The van der Waals surface area contributed by atoms with Gasteiger partial charge in [-0.05, 0) is 31.1 Å². The largest absolute Gasteiger partial charge is 0.272 e. The lowest BCUT2D eigenvalue weighted by Gasteiger charge is -2.07. The normalized spacial score (nSPS) is 13.4. The van der Waals surface area contributed by atoms with Crippen LogP contribution in [-0.4, -0.2) is 29.0 Å². The van der Waals surface area contributed by atoms with Crippen LogP contribution in [0.4, 0.5) is 0 Å². The molecule has 0 aromatic rings. The minimum Gasteiger partial charge on any atom is -0.272 e. The van der Waals surface area contributed by atoms with Gasteiger partial charge < -0.3 is 0 Å². The van der Waals surface area contributed by atoms with E-state index >= 15 is 0 Å². The van der Waals surface area contributed by atoms with Crippen LogP contribution in [0.15, 0.2) is 4.99 Å². The van der Waals surface area contributed by atoms with Crippen molar-refractivity contribution in [2.75, 3.05) is 17.8 Å². The average Bonchev–Trinajstić information content (AvgIpc) is 2.17. The van der Waals surface area contributed by atoms with Gasteiger partial charge in [-0.25, -0.2) is 0 Å². The van der Waals surface area contributed by atoms with Gasteiger partial charge in [0.15, 0.2) is 11.4 Å². The predicted octanol–water partition coefficient (Wildman–Crippen LogP) is 2.31. The molecule has 5 heteroatoms. The molecule has 0 aromatic heterocycles. The van der Waals surface area contributed by atoms with E-state index in [1.165, 1.54) is 11.8 Å². The molecule has 0 saturated heterocycles. The standard InChI is InChI=1S/C9H17N3S2/c1-4-14-6-5-8(2)12-9(13-3)11-7-10/h8H,4-6H2,1-3H3,(H,11,12). The Bertz CT molecular complexity index is 211. The number of nitrogens with zero attached hydrogens (tertiary/aromatic N) is 2. The van der Waals surface area contributed by atoms with E-state index in [1.54, 1.807) is 0 Å². The molecular weight excluding hydrogens is 214 g/mol. The summed E-state index contributed by atoms with van der Waals surface area (Å²) in [5.41, 5.74) is 0. The molecule has 0 aliphatic rings.